The van der Waals surface area contributed by atoms with E-state index in [0.717, 1.165) is 24.0 Å². The Kier molecular flexibility index (Phi) is 9.94. The Hall–Kier alpha value is -4.08. The van der Waals surface area contributed by atoms with Gasteiger partial charge in [-0.15, -0.1) is 0 Å². The van der Waals surface area contributed by atoms with Crippen molar-refractivity contribution in [1.29, 1.82) is 0 Å². The zero-order chi connectivity index (χ0) is 29.3. The molecule has 0 radical (unpaired) electrons. The van der Waals surface area contributed by atoms with Gasteiger partial charge < -0.3 is 29.9 Å². The van der Waals surface area contributed by atoms with E-state index >= 15 is 0 Å². The highest BCUT2D eigenvalue weighted by atomic mass is 16.5. The molecule has 0 aromatic heterocycles. The van der Waals surface area contributed by atoms with E-state index in [1.54, 1.807) is 9.80 Å². The molecule has 2 atom stereocenters. The van der Waals surface area contributed by atoms with Crippen LogP contribution in [0.4, 0.5) is 0 Å². The Morgan fingerprint density at radius 3 is 1.38 bits per heavy atom. The van der Waals surface area contributed by atoms with Crippen LogP contribution in [0.25, 0.3) is 0 Å². The fraction of sp³-hybridized carbons (Fsp3) is 0.500. The third kappa shape index (κ3) is 7.60. The summed E-state index contributed by atoms with van der Waals surface area (Å²) in [7, 11) is 0. The third-order valence-corrected chi connectivity index (χ3v) is 8.19. The average molecular weight is 577 g/mol. The molecule has 2 aromatic rings. The zero-order valence-corrected chi connectivity index (χ0v) is 24.0. The molecule has 0 spiro atoms. The second kappa shape index (κ2) is 14.2. The van der Waals surface area contributed by atoms with E-state index in [2.05, 4.69) is 10.6 Å². The van der Waals surface area contributed by atoms with Crippen molar-refractivity contribution in [2.45, 2.75) is 63.5 Å². The Bertz CT molecular complexity index is 1060. The lowest BCUT2D eigenvalue weighted by Crippen LogP contribution is -2.46. The molecule has 224 valence electrons. The standard InChI is InChI=1S/C32H40N4O6/c37-29-15-21-41-25-9-7-24(8-10-25)14-18-34-32(40)28-4-2-20-36(28)30(38)16-22-42-26-11-5-23(6-12-26)13-17-33-31(39)27-3-1-19-35(27)29/h5-12,27-28H,1-4,13-22H2,(H,33,39)(H,34,40). The van der Waals surface area contributed by atoms with Crippen LogP contribution in [0.15, 0.2) is 48.5 Å². The molecular weight excluding hydrogens is 536 g/mol. The van der Waals surface area contributed by atoms with Gasteiger partial charge in [-0.1, -0.05) is 24.3 Å². The molecular formula is C32H40N4O6. The van der Waals surface area contributed by atoms with Gasteiger partial charge in [0.2, 0.25) is 23.6 Å². The minimum Gasteiger partial charge on any atom is -0.493 e. The molecule has 0 aliphatic carbocycles. The van der Waals surface area contributed by atoms with Crippen molar-refractivity contribution in [3.63, 3.8) is 0 Å². The molecule has 2 N–H and O–H groups in total. The van der Waals surface area contributed by atoms with E-state index in [9.17, 15) is 19.2 Å². The summed E-state index contributed by atoms with van der Waals surface area (Å²) >= 11 is 0. The number of carbonyl (C=O) groups excluding carboxylic acids is 4. The molecule has 10 heteroatoms. The first-order valence-electron chi connectivity index (χ1n) is 15.1. The minimum atomic E-state index is -0.446. The predicted molar refractivity (Wildman–Crippen MR) is 156 cm³/mol. The maximum atomic E-state index is 12.9. The smallest absolute Gasteiger partial charge is 0.242 e. The number of hydrogen-bond donors (Lipinski definition) is 2. The fourth-order valence-corrected chi connectivity index (χ4v) is 5.88. The number of hydrogen-bond acceptors (Lipinski definition) is 6. The molecule has 8 rings (SSSR count). The summed E-state index contributed by atoms with van der Waals surface area (Å²) in [5.74, 6) is 0.934. The number of benzene rings is 2. The zero-order valence-electron chi connectivity index (χ0n) is 24.0. The molecule has 0 saturated carbocycles. The van der Waals surface area contributed by atoms with E-state index in [0.29, 0.717) is 63.4 Å². The number of carbonyl (C=O) groups is 4. The van der Waals surface area contributed by atoms with Gasteiger partial charge in [0, 0.05) is 26.2 Å². The van der Waals surface area contributed by atoms with Crippen LogP contribution in [0, 0.1) is 0 Å². The molecule has 2 aromatic carbocycles. The normalized spacial score (nSPS) is 23.2. The molecule has 2 saturated heterocycles. The Labute approximate surface area is 246 Å². The van der Waals surface area contributed by atoms with Gasteiger partial charge in [0.25, 0.3) is 0 Å². The second-order valence-electron chi connectivity index (χ2n) is 11.1. The highest BCUT2D eigenvalue weighted by Crippen LogP contribution is 2.21. The van der Waals surface area contributed by atoms with Crippen molar-refractivity contribution in [2.24, 2.45) is 0 Å². The van der Waals surface area contributed by atoms with Gasteiger partial charge in [-0.25, -0.2) is 0 Å². The van der Waals surface area contributed by atoms with Gasteiger partial charge in [-0.2, -0.15) is 0 Å². The fourth-order valence-electron chi connectivity index (χ4n) is 5.88. The van der Waals surface area contributed by atoms with Gasteiger partial charge in [0.05, 0.1) is 26.1 Å². The molecule has 2 unspecified atom stereocenters. The highest BCUT2D eigenvalue weighted by molar-refractivity contribution is 5.89. The number of amides is 4. The Morgan fingerprint density at radius 2 is 0.976 bits per heavy atom. The monoisotopic (exact) mass is 576 g/mol. The molecule has 4 bridgehead atoms. The largest absolute Gasteiger partial charge is 0.493 e. The van der Waals surface area contributed by atoms with Gasteiger partial charge in [0.1, 0.15) is 23.6 Å². The second-order valence-corrected chi connectivity index (χ2v) is 11.1. The van der Waals surface area contributed by atoms with E-state index in [4.69, 9.17) is 9.47 Å². The van der Waals surface area contributed by atoms with E-state index < -0.39 is 12.1 Å². The third-order valence-electron chi connectivity index (χ3n) is 8.19. The lowest BCUT2D eigenvalue weighted by Gasteiger charge is -2.24. The molecule has 6 heterocycles. The first kappa shape index (κ1) is 29.4. The summed E-state index contributed by atoms with van der Waals surface area (Å²) in [6.45, 7) is 2.55. The highest BCUT2D eigenvalue weighted by Gasteiger charge is 2.34. The number of rotatable bonds is 0. The van der Waals surface area contributed by atoms with E-state index in [1.165, 1.54) is 0 Å². The van der Waals surface area contributed by atoms with Crippen molar-refractivity contribution >= 4 is 23.6 Å². The average Bonchev–Trinajstić information content (AvgIpc) is 3.69. The SMILES string of the molecule is O=C1NCCc2ccc(cc2)OCCC(=O)N2CCCC2C(=O)NCCc2ccc(cc2)OCCC(=O)N2CCCC12. The Morgan fingerprint density at radius 1 is 0.571 bits per heavy atom. The van der Waals surface area contributed by atoms with E-state index in [1.807, 2.05) is 48.5 Å². The van der Waals surface area contributed by atoms with Crippen molar-refractivity contribution in [3.05, 3.63) is 59.7 Å². The van der Waals surface area contributed by atoms with Crippen LogP contribution in [0.3, 0.4) is 0 Å². The topological polar surface area (TPSA) is 117 Å². The predicted octanol–water partition coefficient (Wildman–Crippen LogP) is 2.24. The maximum absolute atomic E-state index is 12.9. The van der Waals surface area contributed by atoms with Crippen LogP contribution < -0.4 is 20.1 Å². The summed E-state index contributed by atoms with van der Waals surface area (Å²) in [4.78, 5) is 54.9. The molecule has 6 aliphatic rings. The number of ether oxygens (including phenoxy) is 2. The summed E-state index contributed by atoms with van der Waals surface area (Å²) < 4.78 is 11.6. The van der Waals surface area contributed by atoms with Gasteiger partial charge in [-0.05, 0) is 73.9 Å². The summed E-state index contributed by atoms with van der Waals surface area (Å²) in [5, 5.41) is 5.98. The van der Waals surface area contributed by atoms with Crippen LogP contribution >= 0.6 is 0 Å². The lowest BCUT2D eigenvalue weighted by molar-refractivity contribution is -0.138. The molecule has 2 fully saturated rings. The van der Waals surface area contributed by atoms with Crippen molar-refractivity contribution in [3.8, 4) is 11.5 Å². The molecule has 10 nitrogen and oxygen atoms in total. The molecule has 42 heavy (non-hydrogen) atoms. The summed E-state index contributed by atoms with van der Waals surface area (Å²) in [6, 6.07) is 14.3. The number of nitrogens with one attached hydrogen (secondary N) is 2. The van der Waals surface area contributed by atoms with Crippen LogP contribution in [0.1, 0.15) is 49.7 Å². The molecule has 6 aliphatic heterocycles. The van der Waals surface area contributed by atoms with Crippen LogP contribution in [0.2, 0.25) is 0 Å². The van der Waals surface area contributed by atoms with Gasteiger partial charge in [-0.3, -0.25) is 19.2 Å². The van der Waals surface area contributed by atoms with Crippen molar-refractivity contribution < 1.29 is 28.7 Å². The Balaban J connectivity index is 1.22. The first-order valence-corrected chi connectivity index (χ1v) is 15.1. The van der Waals surface area contributed by atoms with Crippen molar-refractivity contribution in [2.75, 3.05) is 39.4 Å². The van der Waals surface area contributed by atoms with Crippen molar-refractivity contribution in [1.82, 2.24) is 20.4 Å². The van der Waals surface area contributed by atoms with Gasteiger partial charge >= 0.3 is 0 Å². The summed E-state index contributed by atoms with van der Waals surface area (Å²) in [5.41, 5.74) is 2.09. The summed E-state index contributed by atoms with van der Waals surface area (Å²) in [6.07, 6.45) is 4.63. The minimum absolute atomic E-state index is 0.0775. The molecule has 4 amide bonds. The van der Waals surface area contributed by atoms with Gasteiger partial charge in [0.15, 0.2) is 0 Å². The maximum Gasteiger partial charge on any atom is 0.242 e. The lowest BCUT2D eigenvalue weighted by atomic mass is 10.1. The van der Waals surface area contributed by atoms with E-state index in [-0.39, 0.29) is 49.7 Å². The first-order chi connectivity index (χ1) is 20.5. The number of nitrogens with zero attached hydrogens (tertiary/aromatic N) is 2. The quantitative estimate of drug-likeness (QED) is 0.497. The van der Waals surface area contributed by atoms with Crippen LogP contribution in [0.5, 0.6) is 11.5 Å². The van der Waals surface area contributed by atoms with Crippen LogP contribution in [-0.2, 0) is 32.0 Å². The van der Waals surface area contributed by atoms with Crippen LogP contribution in [-0.4, -0.2) is 84.9 Å².